The van der Waals surface area contributed by atoms with E-state index < -0.39 is 16.6 Å². The largest absolute Gasteiger partial charge is 0.412 e. The van der Waals surface area contributed by atoms with Crippen molar-refractivity contribution < 1.29 is 8.85 Å². The normalized spacial score (nSPS) is 15.8. The van der Waals surface area contributed by atoms with E-state index in [-0.39, 0.29) is 12.2 Å². The van der Waals surface area contributed by atoms with Crippen LogP contribution in [0.2, 0.25) is 39.3 Å². The van der Waals surface area contributed by atoms with Gasteiger partial charge >= 0.3 is 0 Å². The number of hydrogen-bond donors (Lipinski definition) is 0. The van der Waals surface area contributed by atoms with Gasteiger partial charge in [0.25, 0.3) is 0 Å². The van der Waals surface area contributed by atoms with Crippen molar-refractivity contribution in [2.24, 2.45) is 0 Å². The number of halogens is 1. The molecule has 1 rings (SSSR count). The third kappa shape index (κ3) is 6.94. The van der Waals surface area contributed by atoms with Crippen LogP contribution in [-0.4, -0.2) is 22.7 Å². The van der Waals surface area contributed by atoms with Gasteiger partial charge in [0.15, 0.2) is 16.6 Å². The maximum absolute atomic E-state index is 6.53. The summed E-state index contributed by atoms with van der Waals surface area (Å²) in [6.45, 7) is 15.7. The zero-order chi connectivity index (χ0) is 16.3. The van der Waals surface area contributed by atoms with Crippen LogP contribution in [0.1, 0.15) is 25.0 Å². The second kappa shape index (κ2) is 7.72. The molecular weight excluding hydrogens is 407 g/mol. The van der Waals surface area contributed by atoms with Crippen LogP contribution in [0.25, 0.3) is 0 Å². The molecule has 0 unspecified atom stereocenters. The molecule has 0 N–H and O–H groups in total. The number of benzene rings is 1. The highest BCUT2D eigenvalue weighted by Gasteiger charge is 2.33. The van der Waals surface area contributed by atoms with Crippen molar-refractivity contribution in [1.29, 1.82) is 0 Å². The Morgan fingerprint density at radius 2 is 1.48 bits per heavy atom. The Kier molecular flexibility index (Phi) is 7.11. The smallest absolute Gasteiger partial charge is 0.184 e. The first-order valence-corrected chi connectivity index (χ1v) is 15.5. The van der Waals surface area contributed by atoms with E-state index in [1.165, 1.54) is 9.13 Å². The summed E-state index contributed by atoms with van der Waals surface area (Å²) >= 11 is 2.41. The van der Waals surface area contributed by atoms with Crippen molar-refractivity contribution in [3.05, 3.63) is 33.4 Å². The summed E-state index contributed by atoms with van der Waals surface area (Å²) in [7, 11) is -3.25. The van der Waals surface area contributed by atoms with Gasteiger partial charge < -0.3 is 8.85 Å². The van der Waals surface area contributed by atoms with E-state index in [1.54, 1.807) is 0 Å². The Morgan fingerprint density at radius 3 is 1.90 bits per heavy atom. The zero-order valence-electron chi connectivity index (χ0n) is 14.4. The molecule has 2 nitrogen and oxygen atoms in total. The van der Waals surface area contributed by atoms with Crippen molar-refractivity contribution in [2.75, 3.05) is 0 Å². The maximum Gasteiger partial charge on any atom is 0.184 e. The average molecular weight is 436 g/mol. The average Bonchev–Trinajstić information content (AvgIpc) is 2.32. The predicted octanol–water partition coefficient (Wildman–Crippen LogP) is 5.81. The highest BCUT2D eigenvalue weighted by Crippen LogP contribution is 2.33. The first-order valence-electron chi connectivity index (χ1n) is 7.63. The van der Waals surface area contributed by atoms with E-state index in [0.29, 0.717) is 0 Å². The molecule has 1 aromatic carbocycles. The summed E-state index contributed by atoms with van der Waals surface area (Å²) in [4.78, 5) is 0. The van der Waals surface area contributed by atoms with Crippen LogP contribution in [0.5, 0.6) is 0 Å². The third-order valence-electron chi connectivity index (χ3n) is 2.94. The Hall–Kier alpha value is 0.304. The number of hydrogen-bond acceptors (Lipinski definition) is 2. The zero-order valence-corrected chi connectivity index (χ0v) is 18.5. The molecule has 0 fully saturated rings. The van der Waals surface area contributed by atoms with Crippen LogP contribution in [-0.2, 0) is 8.85 Å². The van der Waals surface area contributed by atoms with Gasteiger partial charge in [-0.1, -0.05) is 25.1 Å². The first kappa shape index (κ1) is 19.4. The summed E-state index contributed by atoms with van der Waals surface area (Å²) in [6.07, 6.45) is 1.16. The first-order chi connectivity index (χ1) is 9.53. The minimum atomic E-state index is -1.65. The van der Waals surface area contributed by atoms with E-state index in [2.05, 4.69) is 93.1 Å². The molecule has 0 aliphatic carbocycles. The van der Waals surface area contributed by atoms with E-state index >= 15 is 0 Å². The Morgan fingerprint density at radius 1 is 0.952 bits per heavy atom. The Labute approximate surface area is 146 Å². The SMILES string of the molecule is CC[C@H](O[Si](C)(C)C)[C@@H](O[Si](C)(C)C)c1ccccc1I. The van der Waals surface area contributed by atoms with Gasteiger partial charge in [0.05, 0.1) is 12.2 Å². The Bertz CT molecular complexity index is 452. The van der Waals surface area contributed by atoms with Gasteiger partial charge in [-0.15, -0.1) is 0 Å². The standard InChI is InChI=1S/C16H29IO2Si2/c1-8-15(18-20(2,3)4)16(19-21(5,6)7)13-11-9-10-12-14(13)17/h9-12,15-16H,8H2,1-7H3/t15-,16-/m0/s1. The minimum absolute atomic E-state index is 0.0430. The van der Waals surface area contributed by atoms with Crippen molar-refractivity contribution in [1.82, 2.24) is 0 Å². The Balaban J connectivity index is 3.15. The van der Waals surface area contributed by atoms with Crippen LogP contribution in [0.4, 0.5) is 0 Å². The second-order valence-electron chi connectivity index (χ2n) is 7.35. The van der Waals surface area contributed by atoms with Crippen LogP contribution in [0.3, 0.4) is 0 Å². The molecule has 0 aliphatic rings. The molecule has 0 amide bonds. The fourth-order valence-electron chi connectivity index (χ4n) is 2.24. The molecule has 1 aromatic rings. The molecule has 0 aromatic heterocycles. The van der Waals surface area contributed by atoms with Gasteiger partial charge in [-0.25, -0.2) is 0 Å². The van der Waals surface area contributed by atoms with Gasteiger partial charge in [-0.05, 0) is 79.9 Å². The summed E-state index contributed by atoms with van der Waals surface area (Å²) in [5, 5.41) is 0. The molecule has 2 atom stereocenters. The second-order valence-corrected chi connectivity index (χ2v) is 17.4. The summed E-state index contributed by atoms with van der Waals surface area (Å²) in [6, 6.07) is 8.51. The molecule has 0 aliphatic heterocycles. The molecule has 0 radical (unpaired) electrons. The lowest BCUT2D eigenvalue weighted by Gasteiger charge is -2.36. The third-order valence-corrected chi connectivity index (χ3v) is 5.89. The van der Waals surface area contributed by atoms with Gasteiger partial charge in [0.2, 0.25) is 0 Å². The van der Waals surface area contributed by atoms with Gasteiger partial charge in [0, 0.05) is 3.57 Å². The fraction of sp³-hybridized carbons (Fsp3) is 0.625. The van der Waals surface area contributed by atoms with Crippen LogP contribution in [0.15, 0.2) is 24.3 Å². The molecule has 0 saturated carbocycles. The number of rotatable bonds is 7. The van der Waals surface area contributed by atoms with Gasteiger partial charge in [-0.3, -0.25) is 0 Å². The lowest BCUT2D eigenvalue weighted by Crippen LogP contribution is -2.40. The highest BCUT2D eigenvalue weighted by atomic mass is 127. The lowest BCUT2D eigenvalue weighted by molar-refractivity contribution is 0.0401. The van der Waals surface area contributed by atoms with E-state index in [4.69, 9.17) is 8.85 Å². The maximum atomic E-state index is 6.53. The summed E-state index contributed by atoms with van der Waals surface area (Å²) in [5.41, 5.74) is 1.27. The predicted molar refractivity (Wildman–Crippen MR) is 105 cm³/mol. The molecule has 21 heavy (non-hydrogen) atoms. The monoisotopic (exact) mass is 436 g/mol. The molecule has 5 heteroatoms. The minimum Gasteiger partial charge on any atom is -0.412 e. The molecule has 0 saturated heterocycles. The van der Waals surface area contributed by atoms with Crippen LogP contribution in [0, 0.1) is 3.57 Å². The van der Waals surface area contributed by atoms with Crippen LogP contribution < -0.4 is 0 Å². The molecule has 120 valence electrons. The van der Waals surface area contributed by atoms with Gasteiger partial charge in [-0.2, -0.15) is 0 Å². The van der Waals surface area contributed by atoms with Crippen molar-refractivity contribution >= 4 is 39.2 Å². The quantitative estimate of drug-likeness (QED) is 0.397. The lowest BCUT2D eigenvalue weighted by atomic mass is 10.0. The highest BCUT2D eigenvalue weighted by molar-refractivity contribution is 14.1. The molecular formula is C16H29IO2Si2. The summed E-state index contributed by atoms with van der Waals surface area (Å²) < 4.78 is 14.2. The van der Waals surface area contributed by atoms with Gasteiger partial charge in [0.1, 0.15) is 0 Å². The molecule has 0 heterocycles. The van der Waals surface area contributed by atoms with Crippen molar-refractivity contribution in [3.8, 4) is 0 Å². The summed E-state index contributed by atoms with van der Waals surface area (Å²) in [5.74, 6) is 0. The van der Waals surface area contributed by atoms with Crippen molar-refractivity contribution in [3.63, 3.8) is 0 Å². The molecule has 0 spiro atoms. The van der Waals surface area contributed by atoms with E-state index in [1.807, 2.05) is 0 Å². The van der Waals surface area contributed by atoms with Crippen LogP contribution >= 0.6 is 22.6 Å². The molecule has 0 bridgehead atoms. The van der Waals surface area contributed by atoms with E-state index in [0.717, 1.165) is 6.42 Å². The van der Waals surface area contributed by atoms with E-state index in [9.17, 15) is 0 Å². The topological polar surface area (TPSA) is 18.5 Å². The van der Waals surface area contributed by atoms with Crippen molar-refractivity contribution in [2.45, 2.75) is 64.8 Å². The fourth-order valence-corrected chi connectivity index (χ4v) is 5.17.